The van der Waals surface area contributed by atoms with E-state index in [0.29, 0.717) is 19.5 Å². The second-order valence-electron chi connectivity index (χ2n) is 6.33. The van der Waals surface area contributed by atoms with Gasteiger partial charge in [0.15, 0.2) is 0 Å². The monoisotopic (exact) mass is 338 g/mol. The Labute approximate surface area is 147 Å². The molecule has 5 heteroatoms. The molecule has 0 spiro atoms. The molecule has 1 heterocycles. The van der Waals surface area contributed by atoms with E-state index in [9.17, 15) is 14.7 Å². The normalized spacial score (nSPS) is 18.4. The van der Waals surface area contributed by atoms with Crippen LogP contribution in [0.4, 0.5) is 0 Å². The van der Waals surface area contributed by atoms with Crippen LogP contribution in [0, 0.1) is 0 Å². The van der Waals surface area contributed by atoms with Crippen LogP contribution in [0.3, 0.4) is 0 Å². The number of carbonyl (C=O) groups excluding carboxylic acids is 1. The predicted molar refractivity (Wildman–Crippen MR) is 95.4 cm³/mol. The molecule has 2 aromatic rings. The van der Waals surface area contributed by atoms with Gasteiger partial charge in [-0.3, -0.25) is 9.69 Å². The third kappa shape index (κ3) is 4.45. The van der Waals surface area contributed by atoms with Crippen LogP contribution in [-0.4, -0.2) is 41.0 Å². The first-order chi connectivity index (χ1) is 12.1. The number of amides is 1. The molecule has 25 heavy (non-hydrogen) atoms. The Balaban J connectivity index is 1.81. The molecule has 1 amide bonds. The molecule has 5 nitrogen and oxygen atoms in total. The SMILES string of the molecule is O=C(O)c1cccc(CN2CCCNC(=O)C2Cc2ccccc2)c1. The first kappa shape index (κ1) is 17.2. The summed E-state index contributed by atoms with van der Waals surface area (Å²) in [6.45, 7) is 2.04. The van der Waals surface area contributed by atoms with E-state index in [1.165, 1.54) is 0 Å². The fraction of sp³-hybridized carbons (Fsp3) is 0.300. The van der Waals surface area contributed by atoms with Crippen LogP contribution >= 0.6 is 0 Å². The zero-order chi connectivity index (χ0) is 17.6. The van der Waals surface area contributed by atoms with Crippen molar-refractivity contribution >= 4 is 11.9 Å². The molecule has 1 unspecified atom stereocenters. The summed E-state index contributed by atoms with van der Waals surface area (Å²) in [5, 5.41) is 12.2. The number of aromatic carboxylic acids is 1. The van der Waals surface area contributed by atoms with Crippen molar-refractivity contribution in [2.24, 2.45) is 0 Å². The van der Waals surface area contributed by atoms with Crippen molar-refractivity contribution in [3.8, 4) is 0 Å². The number of carbonyl (C=O) groups is 2. The van der Waals surface area contributed by atoms with E-state index < -0.39 is 5.97 Å². The van der Waals surface area contributed by atoms with Gasteiger partial charge in [-0.25, -0.2) is 4.79 Å². The largest absolute Gasteiger partial charge is 0.478 e. The molecule has 0 radical (unpaired) electrons. The minimum atomic E-state index is -0.934. The fourth-order valence-electron chi connectivity index (χ4n) is 3.22. The Hall–Kier alpha value is -2.66. The van der Waals surface area contributed by atoms with Crippen LogP contribution in [0.2, 0.25) is 0 Å². The van der Waals surface area contributed by atoms with Crippen molar-refractivity contribution in [3.05, 3.63) is 71.3 Å². The van der Waals surface area contributed by atoms with Gasteiger partial charge in [0.25, 0.3) is 0 Å². The zero-order valence-corrected chi connectivity index (χ0v) is 14.0. The van der Waals surface area contributed by atoms with Crippen LogP contribution in [0.5, 0.6) is 0 Å². The maximum atomic E-state index is 12.5. The lowest BCUT2D eigenvalue weighted by atomic mass is 10.0. The van der Waals surface area contributed by atoms with Crippen molar-refractivity contribution in [2.75, 3.05) is 13.1 Å². The summed E-state index contributed by atoms with van der Waals surface area (Å²) in [5.41, 5.74) is 2.30. The summed E-state index contributed by atoms with van der Waals surface area (Å²) in [6, 6.07) is 16.7. The van der Waals surface area contributed by atoms with Crippen LogP contribution < -0.4 is 5.32 Å². The molecule has 130 valence electrons. The topological polar surface area (TPSA) is 69.6 Å². The Morgan fingerprint density at radius 1 is 1.12 bits per heavy atom. The van der Waals surface area contributed by atoms with Crippen molar-refractivity contribution in [3.63, 3.8) is 0 Å². The van der Waals surface area contributed by atoms with E-state index >= 15 is 0 Å². The van der Waals surface area contributed by atoms with Gasteiger partial charge in [0.1, 0.15) is 0 Å². The average molecular weight is 338 g/mol. The van der Waals surface area contributed by atoms with Crippen LogP contribution in [-0.2, 0) is 17.8 Å². The highest BCUT2D eigenvalue weighted by Crippen LogP contribution is 2.17. The number of hydrogen-bond acceptors (Lipinski definition) is 3. The van der Waals surface area contributed by atoms with Gasteiger partial charge in [0.05, 0.1) is 11.6 Å². The number of carboxylic acids is 1. The van der Waals surface area contributed by atoms with E-state index in [-0.39, 0.29) is 17.5 Å². The van der Waals surface area contributed by atoms with Gasteiger partial charge in [0, 0.05) is 19.6 Å². The van der Waals surface area contributed by atoms with E-state index in [1.54, 1.807) is 18.2 Å². The molecule has 3 rings (SSSR count). The Bertz CT molecular complexity index is 746. The first-order valence-corrected chi connectivity index (χ1v) is 8.51. The summed E-state index contributed by atoms with van der Waals surface area (Å²) >= 11 is 0. The summed E-state index contributed by atoms with van der Waals surface area (Å²) in [6.07, 6.45) is 1.53. The minimum absolute atomic E-state index is 0.0377. The summed E-state index contributed by atoms with van der Waals surface area (Å²) in [5.74, 6) is -0.896. The smallest absolute Gasteiger partial charge is 0.335 e. The lowest BCUT2D eigenvalue weighted by Crippen LogP contribution is -2.45. The lowest BCUT2D eigenvalue weighted by Gasteiger charge is -2.28. The molecular formula is C20H22N2O3. The third-order valence-electron chi connectivity index (χ3n) is 4.50. The molecule has 0 saturated carbocycles. The first-order valence-electron chi connectivity index (χ1n) is 8.51. The number of hydrogen-bond donors (Lipinski definition) is 2. The number of rotatable bonds is 5. The lowest BCUT2D eigenvalue weighted by molar-refractivity contribution is -0.125. The van der Waals surface area contributed by atoms with Gasteiger partial charge in [-0.05, 0) is 36.1 Å². The van der Waals surface area contributed by atoms with E-state index in [0.717, 1.165) is 24.1 Å². The van der Waals surface area contributed by atoms with E-state index in [2.05, 4.69) is 10.2 Å². The molecule has 1 aliphatic heterocycles. The highest BCUT2D eigenvalue weighted by atomic mass is 16.4. The molecule has 1 atom stereocenters. The fourth-order valence-corrected chi connectivity index (χ4v) is 3.22. The number of benzene rings is 2. The molecule has 1 saturated heterocycles. The van der Waals surface area contributed by atoms with Gasteiger partial charge in [0.2, 0.25) is 5.91 Å². The number of nitrogens with one attached hydrogen (secondary N) is 1. The second-order valence-corrected chi connectivity index (χ2v) is 6.33. The van der Waals surface area contributed by atoms with Gasteiger partial charge in [-0.2, -0.15) is 0 Å². The number of carboxylic acid groups (broad SMARTS) is 1. The van der Waals surface area contributed by atoms with E-state index in [4.69, 9.17) is 0 Å². The van der Waals surface area contributed by atoms with Crippen molar-refractivity contribution < 1.29 is 14.7 Å². The molecule has 0 aliphatic carbocycles. The highest BCUT2D eigenvalue weighted by Gasteiger charge is 2.28. The van der Waals surface area contributed by atoms with Gasteiger partial charge in [-0.1, -0.05) is 42.5 Å². The maximum absolute atomic E-state index is 12.5. The van der Waals surface area contributed by atoms with E-state index in [1.807, 2.05) is 36.4 Å². The standard InChI is InChI=1S/C20H22N2O3/c23-19-18(13-15-6-2-1-3-7-15)22(11-5-10-21-19)14-16-8-4-9-17(12-16)20(24)25/h1-4,6-9,12,18H,5,10-11,13-14H2,(H,21,23)(H,24,25). The zero-order valence-electron chi connectivity index (χ0n) is 14.0. The predicted octanol–water partition coefficient (Wildman–Crippen LogP) is 2.32. The van der Waals surface area contributed by atoms with Crippen LogP contribution in [0.25, 0.3) is 0 Å². The maximum Gasteiger partial charge on any atom is 0.335 e. The van der Waals surface area contributed by atoms with Crippen molar-refractivity contribution in [1.82, 2.24) is 10.2 Å². The summed E-state index contributed by atoms with van der Waals surface area (Å²) in [7, 11) is 0. The molecule has 0 bridgehead atoms. The van der Waals surface area contributed by atoms with Gasteiger partial charge in [-0.15, -0.1) is 0 Å². The Morgan fingerprint density at radius 2 is 1.88 bits per heavy atom. The third-order valence-corrected chi connectivity index (χ3v) is 4.50. The Kier molecular flexibility index (Phi) is 5.46. The average Bonchev–Trinajstić information content (AvgIpc) is 2.79. The molecule has 0 aromatic heterocycles. The minimum Gasteiger partial charge on any atom is -0.478 e. The van der Waals surface area contributed by atoms with Crippen molar-refractivity contribution in [1.29, 1.82) is 0 Å². The highest BCUT2D eigenvalue weighted by molar-refractivity contribution is 5.87. The van der Waals surface area contributed by atoms with Crippen molar-refractivity contribution in [2.45, 2.75) is 25.4 Å². The van der Waals surface area contributed by atoms with Gasteiger partial charge >= 0.3 is 5.97 Å². The van der Waals surface area contributed by atoms with Gasteiger partial charge < -0.3 is 10.4 Å². The molecule has 2 N–H and O–H groups in total. The van der Waals surface area contributed by atoms with Crippen LogP contribution in [0.1, 0.15) is 27.9 Å². The molecule has 2 aromatic carbocycles. The molecule has 1 fully saturated rings. The quantitative estimate of drug-likeness (QED) is 0.878. The second kappa shape index (κ2) is 7.94. The number of nitrogens with zero attached hydrogens (tertiary/aromatic N) is 1. The summed E-state index contributed by atoms with van der Waals surface area (Å²) in [4.78, 5) is 25.9. The summed E-state index contributed by atoms with van der Waals surface area (Å²) < 4.78 is 0. The van der Waals surface area contributed by atoms with Crippen LogP contribution in [0.15, 0.2) is 54.6 Å². The molecular weight excluding hydrogens is 316 g/mol. The molecule has 1 aliphatic rings. The Morgan fingerprint density at radius 3 is 2.64 bits per heavy atom.